The van der Waals surface area contributed by atoms with Crippen LogP contribution in [0.1, 0.15) is 44.6 Å². The van der Waals surface area contributed by atoms with Crippen molar-refractivity contribution in [1.82, 2.24) is 5.32 Å². The number of halogens is 1. The molecule has 7 nitrogen and oxygen atoms in total. The first-order valence-electron chi connectivity index (χ1n) is 11.8. The summed E-state index contributed by atoms with van der Waals surface area (Å²) in [6.07, 6.45) is 5.16. The molecule has 1 aliphatic rings. The fraction of sp³-hybridized carbons (Fsp3) is 0.423. The Hall–Kier alpha value is -2.71. The third kappa shape index (κ3) is 8.18. The van der Waals surface area contributed by atoms with E-state index < -0.39 is 28.7 Å². The molecule has 0 saturated heterocycles. The molecule has 3 amide bonds. The molecule has 188 valence electrons. The number of carbonyl (C=O) groups excluding carboxylic acids is 3. The molecule has 2 aromatic carbocycles. The number of amides is 3. The van der Waals surface area contributed by atoms with Crippen LogP contribution in [-0.4, -0.2) is 45.5 Å². The Morgan fingerprint density at radius 3 is 2.26 bits per heavy atom. The number of anilines is 2. The Morgan fingerprint density at radius 2 is 1.63 bits per heavy atom. The highest BCUT2D eigenvalue weighted by atomic mass is 35.5. The van der Waals surface area contributed by atoms with Crippen molar-refractivity contribution < 1.29 is 18.6 Å². The molecular formula is C26H32ClN3O4S. The van der Waals surface area contributed by atoms with Gasteiger partial charge in [0, 0.05) is 33.2 Å². The quantitative estimate of drug-likeness (QED) is 0.521. The van der Waals surface area contributed by atoms with Gasteiger partial charge in [-0.3, -0.25) is 23.5 Å². The summed E-state index contributed by atoms with van der Waals surface area (Å²) in [5.41, 5.74) is 2.13. The van der Waals surface area contributed by atoms with Crippen LogP contribution in [0.15, 0.2) is 48.5 Å². The molecule has 1 fully saturated rings. The lowest BCUT2D eigenvalue weighted by Crippen LogP contribution is -2.52. The summed E-state index contributed by atoms with van der Waals surface area (Å²) < 4.78 is 12.7. The maximum atomic E-state index is 13.2. The number of nitrogens with zero attached hydrogens (tertiary/aromatic N) is 1. The zero-order valence-corrected chi connectivity index (χ0v) is 21.7. The number of hydrogen-bond donors (Lipinski definition) is 2. The van der Waals surface area contributed by atoms with Crippen molar-refractivity contribution in [3.63, 3.8) is 0 Å². The minimum absolute atomic E-state index is 0.0977. The van der Waals surface area contributed by atoms with Gasteiger partial charge in [-0.25, -0.2) is 0 Å². The van der Waals surface area contributed by atoms with Gasteiger partial charge in [-0.05, 0) is 63.1 Å². The molecular weight excluding hydrogens is 486 g/mol. The molecule has 0 unspecified atom stereocenters. The van der Waals surface area contributed by atoms with E-state index in [0.29, 0.717) is 16.4 Å². The zero-order chi connectivity index (χ0) is 25.4. The van der Waals surface area contributed by atoms with Gasteiger partial charge in [-0.2, -0.15) is 0 Å². The maximum Gasteiger partial charge on any atom is 0.243 e. The Labute approximate surface area is 214 Å². The number of nitrogens with one attached hydrogen (secondary N) is 2. The minimum Gasteiger partial charge on any atom is -0.352 e. The van der Waals surface area contributed by atoms with Crippen LogP contribution in [0, 0.1) is 6.92 Å². The second-order valence-corrected chi connectivity index (χ2v) is 10.8. The van der Waals surface area contributed by atoms with Gasteiger partial charge in [0.2, 0.25) is 17.7 Å². The Kier molecular flexibility index (Phi) is 9.86. The first-order valence-corrected chi connectivity index (χ1v) is 13.7. The third-order valence-corrected chi connectivity index (χ3v) is 7.41. The van der Waals surface area contributed by atoms with Crippen molar-refractivity contribution in [2.45, 2.75) is 58.0 Å². The minimum atomic E-state index is -1.75. The molecule has 0 heterocycles. The average molecular weight is 518 g/mol. The fourth-order valence-corrected chi connectivity index (χ4v) is 5.12. The van der Waals surface area contributed by atoms with Crippen LogP contribution in [-0.2, 0) is 25.2 Å². The van der Waals surface area contributed by atoms with Gasteiger partial charge in [0.05, 0.1) is 0 Å². The highest BCUT2D eigenvalue weighted by Crippen LogP contribution is 2.22. The molecule has 2 aromatic rings. The smallest absolute Gasteiger partial charge is 0.243 e. The predicted molar refractivity (Wildman–Crippen MR) is 141 cm³/mol. The van der Waals surface area contributed by atoms with Crippen molar-refractivity contribution in [3.8, 4) is 0 Å². The SMILES string of the molecule is Cc1ccc(NC(=O)C[S@@](=O)CC(=O)N(c2ccc(Cl)cc2)[C@H](C)C(=O)NC2CCCCC2)cc1. The summed E-state index contributed by atoms with van der Waals surface area (Å²) in [6, 6.07) is 13.1. The van der Waals surface area contributed by atoms with Gasteiger partial charge in [-0.15, -0.1) is 0 Å². The number of aryl methyl sites for hydroxylation is 1. The number of hydrogen-bond acceptors (Lipinski definition) is 4. The Morgan fingerprint density at radius 1 is 1.00 bits per heavy atom. The van der Waals surface area contributed by atoms with Crippen molar-refractivity contribution in [2.75, 3.05) is 21.7 Å². The summed E-state index contributed by atoms with van der Waals surface area (Å²) >= 11 is 6.01. The van der Waals surface area contributed by atoms with Crippen LogP contribution < -0.4 is 15.5 Å². The van der Waals surface area contributed by atoms with E-state index in [9.17, 15) is 18.6 Å². The summed E-state index contributed by atoms with van der Waals surface area (Å²) in [6.45, 7) is 3.59. The molecule has 0 spiro atoms. The lowest BCUT2D eigenvalue weighted by atomic mass is 9.95. The van der Waals surface area contributed by atoms with Crippen LogP contribution in [0.5, 0.6) is 0 Å². The molecule has 2 N–H and O–H groups in total. The van der Waals surface area contributed by atoms with Gasteiger partial charge >= 0.3 is 0 Å². The highest BCUT2D eigenvalue weighted by Gasteiger charge is 2.30. The topological polar surface area (TPSA) is 95.6 Å². The second-order valence-electron chi connectivity index (χ2n) is 8.90. The molecule has 2 atom stereocenters. The van der Waals surface area contributed by atoms with Crippen molar-refractivity contribution in [3.05, 3.63) is 59.1 Å². The summed E-state index contributed by atoms with van der Waals surface area (Å²) in [7, 11) is -1.75. The molecule has 1 aliphatic carbocycles. The molecule has 0 aromatic heterocycles. The monoisotopic (exact) mass is 517 g/mol. The molecule has 0 aliphatic heterocycles. The van der Waals surface area contributed by atoms with Crippen LogP contribution >= 0.6 is 11.6 Å². The Balaban J connectivity index is 1.66. The zero-order valence-electron chi connectivity index (χ0n) is 20.1. The van der Waals surface area contributed by atoms with Gasteiger partial charge in [0.1, 0.15) is 17.5 Å². The van der Waals surface area contributed by atoms with E-state index >= 15 is 0 Å². The second kappa shape index (κ2) is 12.8. The highest BCUT2D eigenvalue weighted by molar-refractivity contribution is 7.86. The van der Waals surface area contributed by atoms with Gasteiger partial charge < -0.3 is 10.6 Å². The van der Waals surface area contributed by atoms with E-state index in [-0.39, 0.29) is 23.5 Å². The molecule has 1 saturated carbocycles. The predicted octanol–water partition coefficient (Wildman–Crippen LogP) is 4.21. The van der Waals surface area contributed by atoms with E-state index in [2.05, 4.69) is 10.6 Å². The first kappa shape index (κ1) is 26.9. The van der Waals surface area contributed by atoms with Gasteiger partial charge in [0.15, 0.2) is 0 Å². The maximum absolute atomic E-state index is 13.2. The molecule has 9 heteroatoms. The van der Waals surface area contributed by atoms with Crippen molar-refractivity contribution >= 4 is 51.5 Å². The standard InChI is InChI=1S/C26H32ClN3O4S/c1-18-8-12-22(13-9-18)28-24(31)16-35(34)17-25(32)30(23-14-10-20(27)11-15-23)19(2)26(33)29-21-6-4-3-5-7-21/h8-15,19,21H,3-7,16-17H2,1-2H3,(H,28,31)(H,29,33)/t19-,35-/m1/s1. The summed E-state index contributed by atoms with van der Waals surface area (Å²) in [5, 5.41) is 6.24. The van der Waals surface area contributed by atoms with E-state index in [1.807, 2.05) is 19.1 Å². The van der Waals surface area contributed by atoms with E-state index in [0.717, 1.165) is 31.2 Å². The lowest BCUT2D eigenvalue weighted by Gasteiger charge is -2.31. The molecule has 0 radical (unpaired) electrons. The Bertz CT molecular complexity index is 1050. The summed E-state index contributed by atoms with van der Waals surface area (Å²) in [4.78, 5) is 39.9. The van der Waals surface area contributed by atoms with Crippen LogP contribution in [0.3, 0.4) is 0 Å². The normalized spacial score (nSPS) is 15.6. The molecule has 35 heavy (non-hydrogen) atoms. The van der Waals surface area contributed by atoms with Gasteiger partial charge in [0.25, 0.3) is 0 Å². The first-order chi connectivity index (χ1) is 16.7. The number of carbonyl (C=O) groups is 3. The van der Waals surface area contributed by atoms with Crippen LogP contribution in [0.25, 0.3) is 0 Å². The van der Waals surface area contributed by atoms with E-state index in [4.69, 9.17) is 11.6 Å². The lowest BCUT2D eigenvalue weighted by molar-refractivity contribution is -0.126. The van der Waals surface area contributed by atoms with Crippen molar-refractivity contribution in [1.29, 1.82) is 0 Å². The molecule has 3 rings (SSSR count). The largest absolute Gasteiger partial charge is 0.352 e. The van der Waals surface area contributed by atoms with Crippen LogP contribution in [0.2, 0.25) is 5.02 Å². The average Bonchev–Trinajstić information content (AvgIpc) is 2.82. The third-order valence-electron chi connectivity index (χ3n) is 6.00. The number of rotatable bonds is 9. The van der Waals surface area contributed by atoms with Gasteiger partial charge in [-0.1, -0.05) is 48.6 Å². The van der Waals surface area contributed by atoms with Crippen molar-refractivity contribution in [2.24, 2.45) is 0 Å². The van der Waals surface area contributed by atoms with Crippen LogP contribution in [0.4, 0.5) is 11.4 Å². The van der Waals surface area contributed by atoms with E-state index in [1.165, 1.54) is 11.3 Å². The molecule has 0 bridgehead atoms. The summed E-state index contributed by atoms with van der Waals surface area (Å²) in [5.74, 6) is -1.91. The fourth-order valence-electron chi connectivity index (χ4n) is 4.11. The van der Waals surface area contributed by atoms with E-state index in [1.54, 1.807) is 43.3 Å². The number of benzene rings is 2.